The fourth-order valence-corrected chi connectivity index (χ4v) is 4.46. The number of nitrogens with one attached hydrogen (secondary N) is 1. The van der Waals surface area contributed by atoms with Gasteiger partial charge in [-0.3, -0.25) is 0 Å². The fourth-order valence-electron chi connectivity index (χ4n) is 3.25. The summed E-state index contributed by atoms with van der Waals surface area (Å²) in [5.41, 5.74) is 1.86. The van der Waals surface area contributed by atoms with Crippen molar-refractivity contribution < 1.29 is 0 Å². The number of thiazole rings is 1. The SMILES string of the molecule is CCNC1(c2nc(C(C)C)cs2)CCCC(C)(C)CC1. The van der Waals surface area contributed by atoms with E-state index in [9.17, 15) is 0 Å². The van der Waals surface area contributed by atoms with Gasteiger partial charge in [-0.2, -0.15) is 0 Å². The molecule has 1 saturated carbocycles. The summed E-state index contributed by atoms with van der Waals surface area (Å²) in [5, 5.41) is 7.37. The Labute approximate surface area is 128 Å². The molecule has 1 atom stereocenters. The van der Waals surface area contributed by atoms with E-state index in [-0.39, 0.29) is 5.54 Å². The second kappa shape index (κ2) is 6.15. The zero-order valence-corrected chi connectivity index (χ0v) is 14.6. The molecular weight excluding hydrogens is 264 g/mol. The predicted octanol–water partition coefficient (Wildman–Crippen LogP) is 5.06. The second-order valence-electron chi connectivity index (χ2n) is 7.36. The van der Waals surface area contributed by atoms with Crippen LogP contribution < -0.4 is 5.32 Å². The van der Waals surface area contributed by atoms with E-state index in [0.717, 1.165) is 6.54 Å². The zero-order valence-electron chi connectivity index (χ0n) is 13.8. The molecule has 0 radical (unpaired) electrons. The van der Waals surface area contributed by atoms with Gasteiger partial charge in [0.2, 0.25) is 0 Å². The Morgan fingerprint density at radius 2 is 2.00 bits per heavy atom. The van der Waals surface area contributed by atoms with Crippen LogP contribution in [0.1, 0.15) is 83.3 Å². The minimum atomic E-state index is 0.125. The van der Waals surface area contributed by atoms with Gasteiger partial charge in [-0.15, -0.1) is 11.3 Å². The first-order valence-corrected chi connectivity index (χ1v) is 8.97. The summed E-state index contributed by atoms with van der Waals surface area (Å²) in [5.74, 6) is 0.529. The van der Waals surface area contributed by atoms with Gasteiger partial charge in [-0.05, 0) is 43.6 Å². The summed E-state index contributed by atoms with van der Waals surface area (Å²) in [6, 6.07) is 0. The quantitative estimate of drug-likeness (QED) is 0.785. The molecule has 1 aliphatic carbocycles. The van der Waals surface area contributed by atoms with Crippen LogP contribution in [0.25, 0.3) is 0 Å². The molecule has 20 heavy (non-hydrogen) atoms. The van der Waals surface area contributed by atoms with Crippen LogP contribution in [-0.4, -0.2) is 11.5 Å². The highest BCUT2D eigenvalue weighted by Crippen LogP contribution is 2.43. The zero-order chi connectivity index (χ0) is 14.8. The van der Waals surface area contributed by atoms with Crippen molar-refractivity contribution >= 4 is 11.3 Å². The van der Waals surface area contributed by atoms with Crippen LogP contribution in [0.4, 0.5) is 0 Å². The first kappa shape index (κ1) is 16.0. The molecule has 1 aromatic rings. The molecule has 0 bridgehead atoms. The standard InChI is InChI=1S/C17H30N2S/c1-6-18-17(9-7-8-16(4,5)10-11-17)15-19-14(12-20-15)13(2)3/h12-13,18H,6-11H2,1-5H3. The minimum Gasteiger partial charge on any atom is -0.306 e. The number of hydrogen-bond donors (Lipinski definition) is 1. The third-order valence-corrected chi connectivity index (χ3v) is 5.79. The van der Waals surface area contributed by atoms with Crippen LogP contribution in [0.3, 0.4) is 0 Å². The molecule has 1 aliphatic rings. The number of hydrogen-bond acceptors (Lipinski definition) is 3. The second-order valence-corrected chi connectivity index (χ2v) is 8.22. The van der Waals surface area contributed by atoms with Crippen molar-refractivity contribution in [3.8, 4) is 0 Å². The molecule has 1 N–H and O–H groups in total. The number of aromatic nitrogens is 1. The van der Waals surface area contributed by atoms with Crippen molar-refractivity contribution in [2.24, 2.45) is 5.41 Å². The van der Waals surface area contributed by atoms with Crippen molar-refractivity contribution in [2.75, 3.05) is 6.54 Å². The lowest BCUT2D eigenvalue weighted by Gasteiger charge is -2.32. The molecule has 0 aliphatic heterocycles. The number of nitrogens with zero attached hydrogens (tertiary/aromatic N) is 1. The Morgan fingerprint density at radius 3 is 2.60 bits per heavy atom. The van der Waals surface area contributed by atoms with Crippen molar-refractivity contribution in [3.63, 3.8) is 0 Å². The van der Waals surface area contributed by atoms with E-state index in [1.54, 1.807) is 0 Å². The van der Waals surface area contributed by atoms with E-state index in [2.05, 4.69) is 45.3 Å². The summed E-state index contributed by atoms with van der Waals surface area (Å²) in [6.45, 7) is 12.5. The third-order valence-electron chi connectivity index (χ3n) is 4.72. The van der Waals surface area contributed by atoms with Crippen molar-refractivity contribution in [1.82, 2.24) is 10.3 Å². The van der Waals surface area contributed by atoms with E-state index in [1.807, 2.05) is 11.3 Å². The Morgan fingerprint density at radius 1 is 1.25 bits per heavy atom. The largest absolute Gasteiger partial charge is 0.306 e. The van der Waals surface area contributed by atoms with Crippen LogP contribution in [0, 0.1) is 5.41 Å². The first-order chi connectivity index (χ1) is 9.38. The molecule has 0 saturated heterocycles. The van der Waals surface area contributed by atoms with Gasteiger partial charge >= 0.3 is 0 Å². The van der Waals surface area contributed by atoms with E-state index < -0.39 is 0 Å². The average Bonchev–Trinajstić information content (AvgIpc) is 2.81. The van der Waals surface area contributed by atoms with E-state index in [0.29, 0.717) is 11.3 Å². The van der Waals surface area contributed by atoms with Crippen LogP contribution in [0.2, 0.25) is 0 Å². The Bertz CT molecular complexity index is 436. The van der Waals surface area contributed by atoms with Gasteiger partial charge < -0.3 is 5.32 Å². The average molecular weight is 295 g/mol. The molecule has 2 nitrogen and oxygen atoms in total. The summed E-state index contributed by atoms with van der Waals surface area (Å²) in [6.07, 6.45) is 6.38. The molecule has 3 heteroatoms. The van der Waals surface area contributed by atoms with E-state index in [1.165, 1.54) is 42.8 Å². The van der Waals surface area contributed by atoms with Gasteiger partial charge in [-0.25, -0.2) is 4.98 Å². The minimum absolute atomic E-state index is 0.125. The van der Waals surface area contributed by atoms with Gasteiger partial charge in [0.25, 0.3) is 0 Å². The molecule has 0 amide bonds. The molecule has 1 aromatic heterocycles. The summed E-state index contributed by atoms with van der Waals surface area (Å²) < 4.78 is 0. The van der Waals surface area contributed by atoms with Gasteiger partial charge in [-0.1, -0.05) is 41.0 Å². The molecule has 1 unspecified atom stereocenters. The summed E-state index contributed by atoms with van der Waals surface area (Å²) in [7, 11) is 0. The monoisotopic (exact) mass is 294 g/mol. The van der Waals surface area contributed by atoms with Crippen LogP contribution in [0.5, 0.6) is 0 Å². The highest BCUT2D eigenvalue weighted by molar-refractivity contribution is 7.09. The van der Waals surface area contributed by atoms with Crippen molar-refractivity contribution in [3.05, 3.63) is 16.1 Å². The maximum absolute atomic E-state index is 4.97. The molecule has 1 fully saturated rings. The smallest absolute Gasteiger partial charge is 0.113 e. The Hall–Kier alpha value is -0.410. The van der Waals surface area contributed by atoms with Crippen molar-refractivity contribution in [2.45, 2.75) is 78.2 Å². The van der Waals surface area contributed by atoms with E-state index >= 15 is 0 Å². The predicted molar refractivity (Wildman–Crippen MR) is 88.4 cm³/mol. The lowest BCUT2D eigenvalue weighted by atomic mass is 9.83. The Balaban J connectivity index is 2.28. The normalized spacial score (nSPS) is 26.7. The Kier molecular flexibility index (Phi) is 4.91. The van der Waals surface area contributed by atoms with Crippen LogP contribution in [-0.2, 0) is 5.54 Å². The summed E-state index contributed by atoms with van der Waals surface area (Å²) >= 11 is 1.86. The molecule has 0 aromatic carbocycles. The van der Waals surface area contributed by atoms with Crippen molar-refractivity contribution in [1.29, 1.82) is 0 Å². The van der Waals surface area contributed by atoms with Gasteiger partial charge in [0, 0.05) is 5.38 Å². The fraction of sp³-hybridized carbons (Fsp3) is 0.824. The van der Waals surface area contributed by atoms with E-state index in [4.69, 9.17) is 4.98 Å². The highest BCUT2D eigenvalue weighted by Gasteiger charge is 2.38. The molecule has 2 rings (SSSR count). The molecule has 114 valence electrons. The van der Waals surface area contributed by atoms with Gasteiger partial charge in [0.1, 0.15) is 5.01 Å². The topological polar surface area (TPSA) is 24.9 Å². The molecule has 1 heterocycles. The van der Waals surface area contributed by atoms with Crippen LogP contribution in [0.15, 0.2) is 5.38 Å². The molecule has 0 spiro atoms. The third kappa shape index (κ3) is 3.43. The van der Waals surface area contributed by atoms with Crippen LogP contribution >= 0.6 is 11.3 Å². The maximum Gasteiger partial charge on any atom is 0.113 e. The van der Waals surface area contributed by atoms with Gasteiger partial charge in [0.15, 0.2) is 0 Å². The lowest BCUT2D eigenvalue weighted by molar-refractivity contribution is 0.267. The van der Waals surface area contributed by atoms with Gasteiger partial charge in [0.05, 0.1) is 11.2 Å². The number of rotatable bonds is 4. The highest BCUT2D eigenvalue weighted by atomic mass is 32.1. The first-order valence-electron chi connectivity index (χ1n) is 8.09. The maximum atomic E-state index is 4.97. The lowest BCUT2D eigenvalue weighted by Crippen LogP contribution is -2.42. The molecular formula is C17H30N2S. The summed E-state index contributed by atoms with van der Waals surface area (Å²) in [4.78, 5) is 4.97.